The quantitative estimate of drug-likeness (QED) is 0.596. The highest BCUT2D eigenvalue weighted by atomic mass is 16.5. The predicted molar refractivity (Wildman–Crippen MR) is 120 cm³/mol. The van der Waals surface area contributed by atoms with Crippen molar-refractivity contribution in [3.8, 4) is 11.5 Å². The van der Waals surface area contributed by atoms with E-state index < -0.39 is 0 Å². The molecule has 0 N–H and O–H groups in total. The van der Waals surface area contributed by atoms with Crippen molar-refractivity contribution in [1.82, 2.24) is 0 Å². The van der Waals surface area contributed by atoms with E-state index in [-0.39, 0.29) is 0 Å². The SMILES string of the molecule is CCOC.CCOC.CCOc1cc(C)cc(OCC)c1.Cc1ccccc1. The molecule has 4 heteroatoms. The molecule has 0 saturated carbocycles. The molecule has 0 unspecified atom stereocenters. The van der Waals surface area contributed by atoms with Gasteiger partial charge in [0.1, 0.15) is 11.5 Å². The van der Waals surface area contributed by atoms with Crippen LogP contribution in [-0.2, 0) is 9.47 Å². The highest BCUT2D eigenvalue weighted by Gasteiger charge is 1.98. The lowest BCUT2D eigenvalue weighted by atomic mass is 10.2. The zero-order chi connectivity index (χ0) is 21.6. The first-order valence-corrected chi connectivity index (χ1v) is 9.85. The van der Waals surface area contributed by atoms with E-state index in [2.05, 4.69) is 28.5 Å². The van der Waals surface area contributed by atoms with Gasteiger partial charge in [0, 0.05) is 33.5 Å². The van der Waals surface area contributed by atoms with Crippen molar-refractivity contribution in [3.63, 3.8) is 0 Å². The van der Waals surface area contributed by atoms with Crippen LogP contribution in [0.3, 0.4) is 0 Å². The largest absolute Gasteiger partial charge is 0.494 e. The van der Waals surface area contributed by atoms with Gasteiger partial charge in [0.15, 0.2) is 0 Å². The van der Waals surface area contributed by atoms with Gasteiger partial charge < -0.3 is 18.9 Å². The van der Waals surface area contributed by atoms with Gasteiger partial charge in [-0.15, -0.1) is 0 Å². The van der Waals surface area contributed by atoms with Gasteiger partial charge in [0.2, 0.25) is 0 Å². The summed E-state index contributed by atoms with van der Waals surface area (Å²) in [5.41, 5.74) is 2.48. The van der Waals surface area contributed by atoms with Gasteiger partial charge in [0.05, 0.1) is 13.2 Å². The van der Waals surface area contributed by atoms with Crippen LogP contribution in [0.5, 0.6) is 11.5 Å². The molecule has 2 aromatic rings. The zero-order valence-corrected chi connectivity index (χ0v) is 19.1. The number of benzene rings is 2. The Labute approximate surface area is 172 Å². The van der Waals surface area contributed by atoms with E-state index in [4.69, 9.17) is 9.47 Å². The minimum atomic E-state index is 0.690. The second-order valence-electron chi connectivity index (χ2n) is 5.66. The summed E-state index contributed by atoms with van der Waals surface area (Å²) in [7, 11) is 3.36. The van der Waals surface area contributed by atoms with E-state index in [1.165, 1.54) is 5.56 Å². The summed E-state index contributed by atoms with van der Waals surface area (Å²) in [6.07, 6.45) is 0. The first-order valence-electron chi connectivity index (χ1n) is 9.85. The molecule has 0 saturated heterocycles. The first-order chi connectivity index (χ1) is 13.5. The summed E-state index contributed by atoms with van der Waals surface area (Å²) in [6.45, 7) is 15.0. The number of methoxy groups -OCH3 is 2. The molecule has 2 rings (SSSR count). The normalized spacial score (nSPS) is 8.86. The Hall–Kier alpha value is -2.04. The van der Waals surface area contributed by atoms with E-state index in [0.29, 0.717) is 13.2 Å². The van der Waals surface area contributed by atoms with E-state index >= 15 is 0 Å². The third-order valence-electron chi connectivity index (χ3n) is 3.16. The predicted octanol–water partition coefficient (Wildman–Crippen LogP) is 6.09. The molecule has 0 amide bonds. The average Bonchev–Trinajstić information content (AvgIpc) is 2.69. The van der Waals surface area contributed by atoms with Crippen LogP contribution in [0.15, 0.2) is 48.5 Å². The van der Waals surface area contributed by atoms with Crippen molar-refractivity contribution in [2.45, 2.75) is 41.5 Å². The molecular weight excluding hydrogens is 352 g/mol. The minimum Gasteiger partial charge on any atom is -0.494 e. The Morgan fingerprint density at radius 3 is 1.21 bits per heavy atom. The highest BCUT2D eigenvalue weighted by Crippen LogP contribution is 2.22. The van der Waals surface area contributed by atoms with Gasteiger partial charge in [0.25, 0.3) is 0 Å². The second-order valence-corrected chi connectivity index (χ2v) is 5.66. The summed E-state index contributed by atoms with van der Waals surface area (Å²) in [5, 5.41) is 0. The first kappa shape index (κ1) is 28.2. The molecule has 4 nitrogen and oxygen atoms in total. The molecular formula is C24H40O4. The lowest BCUT2D eigenvalue weighted by molar-refractivity contribution is 0.215. The van der Waals surface area contributed by atoms with Crippen LogP contribution in [0, 0.1) is 13.8 Å². The topological polar surface area (TPSA) is 36.9 Å². The molecule has 0 heterocycles. The Morgan fingerprint density at radius 2 is 0.964 bits per heavy atom. The number of aryl methyl sites for hydroxylation is 2. The standard InChI is InChI=1S/C11H16O2.C7H8.2C3H8O/c1-4-12-10-6-9(3)7-11(8-10)13-5-2;1-7-5-3-2-4-6-7;2*1-3-4-2/h6-8H,4-5H2,1-3H3;2-6H,1H3;2*3H2,1-2H3. The fourth-order valence-electron chi connectivity index (χ4n) is 1.75. The molecule has 2 aromatic carbocycles. The maximum Gasteiger partial charge on any atom is 0.123 e. The monoisotopic (exact) mass is 392 g/mol. The van der Waals surface area contributed by atoms with Gasteiger partial charge in [-0.25, -0.2) is 0 Å². The molecule has 0 atom stereocenters. The number of hydrogen-bond acceptors (Lipinski definition) is 4. The Balaban J connectivity index is 0. The van der Waals surface area contributed by atoms with E-state index in [1.807, 2.05) is 71.0 Å². The van der Waals surface area contributed by atoms with Crippen LogP contribution in [0.25, 0.3) is 0 Å². The van der Waals surface area contributed by atoms with Crippen molar-refractivity contribution < 1.29 is 18.9 Å². The number of ether oxygens (including phenoxy) is 4. The van der Waals surface area contributed by atoms with Gasteiger partial charge >= 0.3 is 0 Å². The fourth-order valence-corrected chi connectivity index (χ4v) is 1.75. The van der Waals surface area contributed by atoms with Crippen LogP contribution in [-0.4, -0.2) is 40.6 Å². The molecule has 0 spiro atoms. The molecule has 0 aromatic heterocycles. The molecule has 0 fully saturated rings. The molecule has 28 heavy (non-hydrogen) atoms. The van der Waals surface area contributed by atoms with E-state index in [1.54, 1.807) is 14.2 Å². The lowest BCUT2D eigenvalue weighted by Gasteiger charge is -2.08. The second kappa shape index (κ2) is 21.3. The smallest absolute Gasteiger partial charge is 0.123 e. The summed E-state index contributed by atoms with van der Waals surface area (Å²) >= 11 is 0. The van der Waals surface area contributed by atoms with Crippen molar-refractivity contribution in [1.29, 1.82) is 0 Å². The third kappa shape index (κ3) is 18.7. The Bertz CT molecular complexity index is 524. The van der Waals surface area contributed by atoms with E-state index in [0.717, 1.165) is 30.3 Å². The van der Waals surface area contributed by atoms with Gasteiger partial charge in [-0.3, -0.25) is 0 Å². The maximum absolute atomic E-state index is 5.39. The van der Waals surface area contributed by atoms with Crippen molar-refractivity contribution in [2.24, 2.45) is 0 Å². The summed E-state index contributed by atoms with van der Waals surface area (Å²) in [5.74, 6) is 1.76. The fraction of sp³-hybridized carbons (Fsp3) is 0.500. The number of rotatable bonds is 6. The van der Waals surface area contributed by atoms with Crippen LogP contribution >= 0.6 is 0 Å². The van der Waals surface area contributed by atoms with Gasteiger partial charge in [-0.1, -0.05) is 35.9 Å². The Morgan fingerprint density at radius 1 is 0.571 bits per heavy atom. The third-order valence-corrected chi connectivity index (χ3v) is 3.16. The lowest BCUT2D eigenvalue weighted by Crippen LogP contribution is -1.95. The molecule has 0 aliphatic rings. The summed E-state index contributed by atoms with van der Waals surface area (Å²) < 4.78 is 19.9. The summed E-state index contributed by atoms with van der Waals surface area (Å²) in [6, 6.07) is 16.2. The van der Waals surface area contributed by atoms with Gasteiger partial charge in [-0.05, 0) is 59.2 Å². The van der Waals surface area contributed by atoms with E-state index in [9.17, 15) is 0 Å². The minimum absolute atomic E-state index is 0.690. The highest BCUT2D eigenvalue weighted by molar-refractivity contribution is 5.37. The van der Waals surface area contributed by atoms with Crippen LogP contribution < -0.4 is 9.47 Å². The van der Waals surface area contributed by atoms with Gasteiger partial charge in [-0.2, -0.15) is 0 Å². The molecule has 0 aliphatic carbocycles. The molecule has 160 valence electrons. The van der Waals surface area contributed by atoms with Crippen molar-refractivity contribution >= 4 is 0 Å². The molecule has 0 aliphatic heterocycles. The summed E-state index contributed by atoms with van der Waals surface area (Å²) in [4.78, 5) is 0. The zero-order valence-electron chi connectivity index (χ0n) is 19.1. The van der Waals surface area contributed by atoms with Crippen molar-refractivity contribution in [2.75, 3.05) is 40.6 Å². The van der Waals surface area contributed by atoms with Crippen LogP contribution in [0.4, 0.5) is 0 Å². The molecule has 0 radical (unpaired) electrons. The van der Waals surface area contributed by atoms with Crippen molar-refractivity contribution in [3.05, 3.63) is 59.7 Å². The number of hydrogen-bond donors (Lipinski definition) is 0. The average molecular weight is 393 g/mol. The Kier molecular flexibility index (Phi) is 21.4. The van der Waals surface area contributed by atoms with Crippen LogP contribution in [0.1, 0.15) is 38.8 Å². The molecule has 0 bridgehead atoms. The van der Waals surface area contributed by atoms with Crippen LogP contribution in [0.2, 0.25) is 0 Å². The maximum atomic E-state index is 5.39.